The second-order valence-electron chi connectivity index (χ2n) is 8.55. The van der Waals surface area contributed by atoms with Crippen molar-refractivity contribution in [1.82, 2.24) is 23.1 Å². The Morgan fingerprint density at radius 1 is 1.06 bits per heavy atom. The summed E-state index contributed by atoms with van der Waals surface area (Å²) in [6.45, 7) is 2.52. The van der Waals surface area contributed by atoms with Crippen molar-refractivity contribution in [2.45, 2.75) is 45.7 Å². The van der Waals surface area contributed by atoms with E-state index in [0.717, 1.165) is 18.4 Å². The van der Waals surface area contributed by atoms with Crippen LogP contribution in [0.2, 0.25) is 0 Å². The topological polar surface area (TPSA) is 104 Å². The monoisotopic (exact) mass is 435 g/mol. The molecule has 0 saturated heterocycles. The van der Waals surface area contributed by atoms with Crippen LogP contribution in [0.1, 0.15) is 37.3 Å². The van der Waals surface area contributed by atoms with Crippen LogP contribution in [0, 0.1) is 5.92 Å². The molecule has 0 bridgehead atoms. The van der Waals surface area contributed by atoms with Crippen LogP contribution in [0.4, 0.5) is 0 Å². The molecule has 166 valence electrons. The van der Waals surface area contributed by atoms with Gasteiger partial charge in [-0.05, 0) is 30.7 Å². The molecule has 1 aromatic carbocycles. The molecule has 0 atom stereocenters. The van der Waals surface area contributed by atoms with E-state index in [2.05, 4.69) is 4.98 Å². The number of fused-ring (bicyclic) bond motifs is 3. The number of aromatic hydroxyl groups is 1. The Labute approximate surface area is 182 Å². The molecule has 0 amide bonds. The Bertz CT molecular complexity index is 1520. The third-order valence-electron chi connectivity index (χ3n) is 6.17. The van der Waals surface area contributed by atoms with Crippen LogP contribution in [0.5, 0.6) is 5.88 Å². The Hall–Kier alpha value is -3.62. The molecule has 0 aliphatic heterocycles. The average Bonchev–Trinajstić information content (AvgIpc) is 3.53. The van der Waals surface area contributed by atoms with Crippen LogP contribution in [-0.2, 0) is 26.6 Å². The third kappa shape index (κ3) is 3.07. The zero-order valence-corrected chi connectivity index (χ0v) is 18.1. The molecule has 0 radical (unpaired) electrons. The number of rotatable bonds is 6. The summed E-state index contributed by atoms with van der Waals surface area (Å²) >= 11 is 0. The smallest absolute Gasteiger partial charge is 0.332 e. The van der Waals surface area contributed by atoms with Gasteiger partial charge in [-0.2, -0.15) is 4.98 Å². The lowest BCUT2D eigenvalue weighted by Crippen LogP contribution is -2.40. The van der Waals surface area contributed by atoms with Gasteiger partial charge in [0.15, 0.2) is 11.2 Å². The summed E-state index contributed by atoms with van der Waals surface area (Å²) in [4.78, 5) is 44.2. The van der Waals surface area contributed by atoms with Crippen LogP contribution >= 0.6 is 0 Å². The van der Waals surface area contributed by atoms with Crippen molar-refractivity contribution >= 4 is 16.9 Å². The highest BCUT2D eigenvalue weighted by atomic mass is 16.3. The van der Waals surface area contributed by atoms with E-state index in [1.54, 1.807) is 7.05 Å². The van der Waals surface area contributed by atoms with Gasteiger partial charge in [-0.1, -0.05) is 43.7 Å². The highest BCUT2D eigenvalue weighted by Crippen LogP contribution is 2.30. The van der Waals surface area contributed by atoms with Gasteiger partial charge in [0.05, 0.1) is 12.1 Å². The van der Waals surface area contributed by atoms with Crippen LogP contribution in [0.25, 0.3) is 16.9 Å². The fourth-order valence-electron chi connectivity index (χ4n) is 4.27. The van der Waals surface area contributed by atoms with E-state index in [-0.39, 0.29) is 34.9 Å². The Morgan fingerprint density at radius 3 is 2.44 bits per heavy atom. The standard InChI is InChI=1S/C23H25N5O4/c1-3-7-16-19(29)26(12-14-8-5-4-6-9-14)22-24-18-17(28(22)20(16)30)21(31)27(13-15-10-11-15)23(32)25(18)2/h4-6,8-9,15,29H,3,7,10-13H2,1-2H3. The average molecular weight is 435 g/mol. The molecule has 1 fully saturated rings. The van der Waals surface area contributed by atoms with Crippen molar-refractivity contribution < 1.29 is 5.11 Å². The molecule has 32 heavy (non-hydrogen) atoms. The number of benzene rings is 1. The van der Waals surface area contributed by atoms with Crippen LogP contribution < -0.4 is 16.8 Å². The molecular weight excluding hydrogens is 410 g/mol. The molecule has 3 aromatic heterocycles. The van der Waals surface area contributed by atoms with Crippen molar-refractivity contribution in [3.8, 4) is 5.88 Å². The van der Waals surface area contributed by atoms with Crippen molar-refractivity contribution in [2.24, 2.45) is 13.0 Å². The van der Waals surface area contributed by atoms with Crippen molar-refractivity contribution in [3.05, 3.63) is 72.7 Å². The van der Waals surface area contributed by atoms with Crippen molar-refractivity contribution in [3.63, 3.8) is 0 Å². The van der Waals surface area contributed by atoms with Crippen LogP contribution in [0.3, 0.4) is 0 Å². The van der Waals surface area contributed by atoms with Crippen molar-refractivity contribution in [2.75, 3.05) is 0 Å². The van der Waals surface area contributed by atoms with E-state index >= 15 is 0 Å². The lowest BCUT2D eigenvalue weighted by molar-refractivity contribution is 0.411. The van der Waals surface area contributed by atoms with Gasteiger partial charge in [-0.15, -0.1) is 0 Å². The molecule has 5 rings (SSSR count). The second kappa shape index (κ2) is 7.51. The number of imidazole rings is 1. The molecule has 4 aromatic rings. The summed E-state index contributed by atoms with van der Waals surface area (Å²) in [6.07, 6.45) is 2.98. The number of hydrogen-bond donors (Lipinski definition) is 1. The normalized spacial score (nSPS) is 13.9. The quantitative estimate of drug-likeness (QED) is 0.496. The number of nitrogens with zero attached hydrogens (tertiary/aromatic N) is 5. The van der Waals surface area contributed by atoms with Crippen LogP contribution in [0.15, 0.2) is 44.7 Å². The molecule has 3 heterocycles. The minimum atomic E-state index is -0.515. The lowest BCUT2D eigenvalue weighted by Gasteiger charge is -2.14. The van der Waals surface area contributed by atoms with Gasteiger partial charge in [-0.3, -0.25) is 23.3 Å². The summed E-state index contributed by atoms with van der Waals surface area (Å²) < 4.78 is 5.33. The summed E-state index contributed by atoms with van der Waals surface area (Å²) in [5.41, 5.74) is -0.0808. The minimum absolute atomic E-state index is 0.0758. The van der Waals surface area contributed by atoms with Gasteiger partial charge in [0.25, 0.3) is 11.1 Å². The highest BCUT2D eigenvalue weighted by molar-refractivity contribution is 5.75. The van der Waals surface area contributed by atoms with Gasteiger partial charge >= 0.3 is 5.69 Å². The van der Waals surface area contributed by atoms with E-state index in [1.165, 1.54) is 18.1 Å². The Balaban J connectivity index is 1.90. The highest BCUT2D eigenvalue weighted by Gasteiger charge is 2.27. The zero-order valence-electron chi connectivity index (χ0n) is 18.1. The first-order valence-electron chi connectivity index (χ1n) is 10.9. The number of hydrogen-bond acceptors (Lipinski definition) is 5. The Kier molecular flexibility index (Phi) is 4.76. The van der Waals surface area contributed by atoms with E-state index in [0.29, 0.717) is 25.3 Å². The molecule has 9 nitrogen and oxygen atoms in total. The summed E-state index contributed by atoms with van der Waals surface area (Å²) in [6, 6.07) is 9.50. The van der Waals surface area contributed by atoms with E-state index in [9.17, 15) is 19.5 Å². The molecule has 1 aliphatic rings. The zero-order chi connectivity index (χ0) is 22.6. The first-order valence-corrected chi connectivity index (χ1v) is 10.9. The molecular formula is C23H25N5O4. The van der Waals surface area contributed by atoms with Crippen LogP contribution in [-0.4, -0.2) is 28.2 Å². The summed E-state index contributed by atoms with van der Waals surface area (Å²) in [5, 5.41) is 11.0. The molecule has 1 N–H and O–H groups in total. The van der Waals surface area contributed by atoms with Gasteiger partial charge in [0.2, 0.25) is 11.7 Å². The molecule has 1 saturated carbocycles. The maximum atomic E-state index is 13.4. The third-order valence-corrected chi connectivity index (χ3v) is 6.17. The lowest BCUT2D eigenvalue weighted by atomic mass is 10.1. The Morgan fingerprint density at radius 2 is 1.78 bits per heavy atom. The molecule has 0 unspecified atom stereocenters. The molecule has 0 spiro atoms. The van der Waals surface area contributed by atoms with Gasteiger partial charge < -0.3 is 5.11 Å². The number of aromatic nitrogens is 5. The fourth-order valence-corrected chi connectivity index (χ4v) is 4.27. The predicted octanol–water partition coefficient (Wildman–Crippen LogP) is 1.63. The minimum Gasteiger partial charge on any atom is -0.494 e. The largest absolute Gasteiger partial charge is 0.494 e. The SMILES string of the molecule is CCCc1c(O)n(Cc2ccccc2)c2nc3c(c(=O)n(CC4CC4)c(=O)n3C)n2c1=O. The summed E-state index contributed by atoms with van der Waals surface area (Å²) in [5.74, 6) is 0.292. The second-order valence-corrected chi connectivity index (χ2v) is 8.55. The van der Waals surface area contributed by atoms with Gasteiger partial charge in [-0.25, -0.2) is 9.20 Å². The first-order chi connectivity index (χ1) is 15.4. The maximum Gasteiger partial charge on any atom is 0.332 e. The van der Waals surface area contributed by atoms with E-state index in [1.807, 2.05) is 37.3 Å². The molecule has 1 aliphatic carbocycles. The van der Waals surface area contributed by atoms with E-state index < -0.39 is 16.8 Å². The molecule has 9 heteroatoms. The maximum absolute atomic E-state index is 13.4. The summed E-state index contributed by atoms with van der Waals surface area (Å²) in [7, 11) is 1.55. The van der Waals surface area contributed by atoms with E-state index in [4.69, 9.17) is 0 Å². The number of aryl methyl sites for hydroxylation is 1. The van der Waals surface area contributed by atoms with Gasteiger partial charge in [0, 0.05) is 13.6 Å². The fraction of sp³-hybridized carbons (Fsp3) is 0.391. The first kappa shape index (κ1) is 20.3. The van der Waals surface area contributed by atoms with Gasteiger partial charge in [0.1, 0.15) is 0 Å². The predicted molar refractivity (Wildman–Crippen MR) is 120 cm³/mol. The van der Waals surface area contributed by atoms with Crippen molar-refractivity contribution in [1.29, 1.82) is 0 Å².